The fraction of sp³-hybridized carbons (Fsp3) is 0.911. The van der Waals surface area contributed by atoms with E-state index in [0.29, 0.717) is 32.4 Å². The zero-order valence-corrected chi connectivity index (χ0v) is 45.1. The quantitative estimate of drug-likeness (QED) is 0.0118. The predicted octanol–water partition coefficient (Wildman–Crippen LogP) is 14.5. The van der Waals surface area contributed by atoms with Gasteiger partial charge in [0, 0.05) is 39.2 Å². The Hall–Kier alpha value is -2.89. The first-order valence-electron chi connectivity index (χ1n) is 28.4. The summed E-state index contributed by atoms with van der Waals surface area (Å²) in [7, 11) is 0. The maximum absolute atomic E-state index is 13.1. The van der Waals surface area contributed by atoms with Crippen LogP contribution in [0.5, 0.6) is 0 Å². The Morgan fingerprint density at radius 1 is 0.456 bits per heavy atom. The number of hydrogen-bond donors (Lipinski definition) is 1. The monoisotopic (exact) mass is 968 g/mol. The molecular formula is C56H107N2O10+. The molecule has 1 unspecified atom stereocenters. The Morgan fingerprint density at radius 3 is 1.37 bits per heavy atom. The van der Waals surface area contributed by atoms with Gasteiger partial charge in [-0.2, -0.15) is 0 Å². The Balaban J connectivity index is 4.68. The summed E-state index contributed by atoms with van der Waals surface area (Å²) in [5.74, 6) is -1.23. The molecule has 68 heavy (non-hydrogen) atoms. The van der Waals surface area contributed by atoms with Crippen molar-refractivity contribution in [2.45, 2.75) is 260 Å². The van der Waals surface area contributed by atoms with E-state index in [9.17, 15) is 24.4 Å². The number of esters is 3. The van der Waals surface area contributed by atoms with Gasteiger partial charge in [-0.05, 0) is 69.2 Å². The lowest BCUT2D eigenvalue weighted by molar-refractivity contribution is -0.775. The zero-order chi connectivity index (χ0) is 50.1. The van der Waals surface area contributed by atoms with Crippen molar-refractivity contribution < 1.29 is 52.8 Å². The van der Waals surface area contributed by atoms with E-state index in [4.69, 9.17) is 23.7 Å². The van der Waals surface area contributed by atoms with Crippen molar-refractivity contribution in [2.75, 3.05) is 59.2 Å². The molecule has 0 radical (unpaired) electrons. The van der Waals surface area contributed by atoms with E-state index in [1.807, 2.05) is 6.92 Å². The Labute approximate surface area is 417 Å². The number of nitrogens with zero attached hydrogens (tertiary/aromatic N) is 2. The molecule has 0 heterocycles. The highest BCUT2D eigenvalue weighted by molar-refractivity contribution is 5.76. The largest absolute Gasteiger partial charge is 0.508 e. The van der Waals surface area contributed by atoms with Gasteiger partial charge in [-0.1, -0.05) is 176 Å². The number of carbonyl (C=O) groups excluding carboxylic acids is 4. The molecule has 0 spiro atoms. The Bertz CT molecular complexity index is 1210. The molecule has 400 valence electrons. The third-order valence-electron chi connectivity index (χ3n) is 13.1. The van der Waals surface area contributed by atoms with E-state index in [-0.39, 0.29) is 63.1 Å². The third-order valence-corrected chi connectivity index (χ3v) is 13.1. The van der Waals surface area contributed by atoms with Crippen LogP contribution in [0.3, 0.4) is 0 Å². The van der Waals surface area contributed by atoms with Crippen LogP contribution < -0.4 is 0 Å². The minimum absolute atomic E-state index is 0.0151. The van der Waals surface area contributed by atoms with E-state index < -0.39 is 12.1 Å². The van der Waals surface area contributed by atoms with Crippen molar-refractivity contribution >= 4 is 29.8 Å². The number of rotatable bonds is 50. The van der Waals surface area contributed by atoms with Gasteiger partial charge in [0.1, 0.15) is 19.8 Å². The van der Waals surface area contributed by atoms with E-state index in [1.54, 1.807) is 0 Å². The summed E-state index contributed by atoms with van der Waals surface area (Å²) in [6, 6.07) is 0. The molecule has 12 nitrogen and oxygen atoms in total. The first-order chi connectivity index (χ1) is 33.1. The van der Waals surface area contributed by atoms with Gasteiger partial charge < -0.3 is 28.6 Å². The fourth-order valence-electron chi connectivity index (χ4n) is 8.38. The van der Waals surface area contributed by atoms with Crippen molar-refractivity contribution in [3.63, 3.8) is 0 Å². The highest BCUT2D eigenvalue weighted by atomic mass is 16.7. The third kappa shape index (κ3) is 42.0. The van der Waals surface area contributed by atoms with E-state index in [1.165, 1.54) is 107 Å². The zero-order valence-electron chi connectivity index (χ0n) is 45.1. The van der Waals surface area contributed by atoms with Gasteiger partial charge in [0.15, 0.2) is 6.54 Å². The standard InChI is InChI=1S/C56H107N2O10/c1-7-12-15-18-21-23-30-38-50(6)58(63)44-35-28-27-34-42-54(60)67-48-51(49-68-56(62)65-46-37-43-57(10-4)11-5)47-66-53(59)41-33-26-22-29-36-45-64-55(61)52(39-31-24-19-16-13-8-2)40-32-25-20-17-14-9-3/h51-52,63H,7-49H2,1-6H3/q+1/b58-50-. The number of carbonyl (C=O) groups is 4. The minimum atomic E-state index is -0.796. The molecule has 0 rings (SSSR count). The summed E-state index contributed by atoms with van der Waals surface area (Å²) < 4.78 is 28.9. The molecule has 0 aromatic carbocycles. The number of ether oxygens (including phenoxy) is 5. The van der Waals surface area contributed by atoms with Crippen LogP contribution >= 0.6 is 0 Å². The molecule has 0 fully saturated rings. The van der Waals surface area contributed by atoms with Crippen LogP contribution in [0, 0.1) is 11.8 Å². The van der Waals surface area contributed by atoms with E-state index in [2.05, 4.69) is 39.5 Å². The molecule has 1 N–H and O–H groups in total. The van der Waals surface area contributed by atoms with E-state index in [0.717, 1.165) is 109 Å². The molecule has 0 aromatic heterocycles. The number of hydrogen-bond acceptors (Lipinski definition) is 11. The van der Waals surface area contributed by atoms with Gasteiger partial charge in [0.25, 0.3) is 0 Å². The highest BCUT2D eigenvalue weighted by Crippen LogP contribution is 2.21. The lowest BCUT2D eigenvalue weighted by atomic mass is 9.94. The number of unbranched alkanes of at least 4 members (excludes halogenated alkanes) is 23. The summed E-state index contributed by atoms with van der Waals surface area (Å²) in [5, 5.41) is 10.4. The van der Waals surface area contributed by atoms with Gasteiger partial charge >= 0.3 is 24.1 Å². The lowest BCUT2D eigenvalue weighted by Gasteiger charge is -2.18. The molecule has 0 saturated carbocycles. The topological polar surface area (TPSA) is 141 Å². The Morgan fingerprint density at radius 2 is 0.868 bits per heavy atom. The van der Waals surface area contributed by atoms with Crippen molar-refractivity contribution in [3.8, 4) is 0 Å². The van der Waals surface area contributed by atoms with Gasteiger partial charge in [-0.25, -0.2) is 4.79 Å². The van der Waals surface area contributed by atoms with E-state index >= 15 is 0 Å². The van der Waals surface area contributed by atoms with Crippen molar-refractivity contribution in [1.29, 1.82) is 0 Å². The predicted molar refractivity (Wildman–Crippen MR) is 277 cm³/mol. The summed E-state index contributed by atoms with van der Waals surface area (Å²) in [6.45, 7) is 16.6. The second-order valence-corrected chi connectivity index (χ2v) is 19.4. The first kappa shape index (κ1) is 65.1. The van der Waals surface area contributed by atoms with Crippen LogP contribution in [0.25, 0.3) is 0 Å². The molecular weight excluding hydrogens is 861 g/mol. The molecule has 0 aromatic rings. The maximum Gasteiger partial charge on any atom is 0.508 e. The van der Waals surface area contributed by atoms with Crippen LogP contribution in [0.15, 0.2) is 0 Å². The highest BCUT2D eigenvalue weighted by Gasteiger charge is 2.21. The normalized spacial score (nSPS) is 12.3. The van der Waals surface area contributed by atoms with Crippen molar-refractivity contribution in [1.82, 2.24) is 4.90 Å². The number of hydroxylamine groups is 1. The first-order valence-corrected chi connectivity index (χ1v) is 28.4. The lowest BCUT2D eigenvalue weighted by Crippen LogP contribution is -2.27. The van der Waals surface area contributed by atoms with Crippen molar-refractivity contribution in [2.24, 2.45) is 11.8 Å². The van der Waals surface area contributed by atoms with Crippen LogP contribution in [0.4, 0.5) is 4.79 Å². The molecule has 0 amide bonds. The maximum atomic E-state index is 13.1. The molecule has 0 bridgehead atoms. The SMILES string of the molecule is CCCCCCCCC/C(C)=[N+](\O)CCCCCCC(=O)OCC(COC(=O)CCCCCCCOC(=O)C(CCCCCCCC)CCCCCCCC)COC(=O)OCCCN(CC)CC. The second-order valence-electron chi connectivity index (χ2n) is 19.4. The molecule has 0 aliphatic carbocycles. The second kappa shape index (κ2) is 49.1. The Kier molecular flexibility index (Phi) is 47.0. The molecule has 1 atom stereocenters. The van der Waals surface area contributed by atoms with Crippen LogP contribution in [0.2, 0.25) is 0 Å². The van der Waals surface area contributed by atoms with Crippen LogP contribution in [0.1, 0.15) is 260 Å². The van der Waals surface area contributed by atoms with Crippen LogP contribution in [-0.4, -0.2) is 104 Å². The van der Waals surface area contributed by atoms with Crippen LogP contribution in [-0.2, 0) is 38.1 Å². The molecule has 12 heteroatoms. The summed E-state index contributed by atoms with van der Waals surface area (Å²) >= 11 is 0. The average Bonchev–Trinajstić information content (AvgIpc) is 3.33. The summed E-state index contributed by atoms with van der Waals surface area (Å²) in [5.41, 5.74) is 1.01. The molecule has 0 aliphatic heterocycles. The molecule has 0 saturated heterocycles. The summed E-state index contributed by atoms with van der Waals surface area (Å²) in [6.07, 6.45) is 34.2. The smallest absolute Gasteiger partial charge is 0.465 e. The van der Waals surface area contributed by atoms with Gasteiger partial charge in [0.05, 0.1) is 25.0 Å². The summed E-state index contributed by atoms with van der Waals surface area (Å²) in [4.78, 5) is 53.1. The fourth-order valence-corrected chi connectivity index (χ4v) is 8.38. The average molecular weight is 968 g/mol. The van der Waals surface area contributed by atoms with Gasteiger partial charge in [-0.15, -0.1) is 0 Å². The van der Waals surface area contributed by atoms with Crippen molar-refractivity contribution in [3.05, 3.63) is 0 Å². The molecule has 0 aliphatic rings. The van der Waals surface area contributed by atoms with Gasteiger partial charge in [0.2, 0.25) is 5.71 Å². The minimum Gasteiger partial charge on any atom is -0.465 e. The van der Waals surface area contributed by atoms with Gasteiger partial charge in [-0.3, -0.25) is 19.6 Å².